The molecule has 2 N–H and O–H groups in total. The molecule has 0 aliphatic carbocycles. The van der Waals surface area contributed by atoms with Gasteiger partial charge in [0.25, 0.3) is 0 Å². The molecule has 0 saturated carbocycles. The quantitative estimate of drug-likeness (QED) is 0.129. The second-order valence-corrected chi connectivity index (χ2v) is 7.79. The molecular weight excluding hydrogens is 466 g/mol. The van der Waals surface area contributed by atoms with Crippen molar-refractivity contribution in [1.29, 1.82) is 0 Å². The van der Waals surface area contributed by atoms with E-state index in [1.54, 1.807) is 0 Å². The first kappa shape index (κ1) is 29.7. The molecule has 0 atom stereocenters. The summed E-state index contributed by atoms with van der Waals surface area (Å²) in [6, 6.07) is 0. The molecule has 158 valence electrons. The van der Waals surface area contributed by atoms with E-state index >= 15 is 0 Å². The fraction of sp³-hybridized carbons (Fsp3) is 0.909. The molecule has 0 aliphatic heterocycles. The first-order valence-electron chi connectivity index (χ1n) is 11.0. The van der Waals surface area contributed by atoms with E-state index in [9.17, 15) is 19.8 Å². The zero-order valence-electron chi connectivity index (χ0n) is 17.2. The van der Waals surface area contributed by atoms with E-state index in [1.807, 2.05) is 0 Å². The average Bonchev–Trinajstić information content (AvgIpc) is 2.60. The molecule has 4 nitrogen and oxygen atoms in total. The molecule has 0 aromatic rings. The molecule has 0 rings (SSSR count). The van der Waals surface area contributed by atoms with Crippen molar-refractivity contribution in [1.82, 2.24) is 0 Å². The van der Waals surface area contributed by atoms with Crippen molar-refractivity contribution in [2.24, 2.45) is 5.41 Å². The summed E-state index contributed by atoms with van der Waals surface area (Å²) >= 11 is 0. The van der Waals surface area contributed by atoms with E-state index in [1.165, 1.54) is 44.9 Å². The Hall–Kier alpha value is 0.511. The standard InChI is InChI=1S/C22H42O4.Ba.2H/c1-3-5-7-9-10-11-12-13-15-17-19-22(20(23)24,21(25)26)18-16-14-8-6-4-2;;;/h3-19H2,1-2H3,(H,23,24)(H,25,26);;;. The number of carboxylic acids is 2. The summed E-state index contributed by atoms with van der Waals surface area (Å²) in [6.45, 7) is 4.35. The van der Waals surface area contributed by atoms with Gasteiger partial charge in [-0.15, -0.1) is 0 Å². The third-order valence-corrected chi connectivity index (χ3v) is 5.48. The van der Waals surface area contributed by atoms with Gasteiger partial charge in [-0.2, -0.15) is 0 Å². The average molecular weight is 510 g/mol. The van der Waals surface area contributed by atoms with Crippen LogP contribution < -0.4 is 0 Å². The van der Waals surface area contributed by atoms with Crippen LogP contribution in [-0.4, -0.2) is 71.0 Å². The van der Waals surface area contributed by atoms with Crippen molar-refractivity contribution >= 4 is 60.8 Å². The molecule has 0 aromatic carbocycles. The van der Waals surface area contributed by atoms with Crippen LogP contribution in [0, 0.1) is 5.41 Å². The normalized spacial score (nSPS) is 11.2. The Bertz CT molecular complexity index is 357. The molecule has 0 heterocycles. The molecule has 0 bridgehead atoms. The Balaban J connectivity index is 0. The molecule has 0 unspecified atom stereocenters. The van der Waals surface area contributed by atoms with Gasteiger partial charge in [-0.3, -0.25) is 9.59 Å². The van der Waals surface area contributed by atoms with E-state index in [2.05, 4.69) is 13.8 Å². The van der Waals surface area contributed by atoms with Crippen molar-refractivity contribution in [2.45, 2.75) is 123 Å². The number of carbonyl (C=O) groups is 2. The predicted octanol–water partition coefficient (Wildman–Crippen LogP) is 5.90. The fourth-order valence-corrected chi connectivity index (χ4v) is 3.59. The summed E-state index contributed by atoms with van der Waals surface area (Å²) in [4.78, 5) is 23.4. The van der Waals surface area contributed by atoms with Crippen LogP contribution in [0.5, 0.6) is 0 Å². The van der Waals surface area contributed by atoms with Crippen molar-refractivity contribution in [3.8, 4) is 0 Å². The van der Waals surface area contributed by atoms with Gasteiger partial charge in [0.2, 0.25) is 0 Å². The summed E-state index contributed by atoms with van der Waals surface area (Å²) < 4.78 is 0. The second-order valence-electron chi connectivity index (χ2n) is 7.79. The third kappa shape index (κ3) is 14.2. The minimum absolute atomic E-state index is 0. The van der Waals surface area contributed by atoms with Crippen LogP contribution in [0.2, 0.25) is 0 Å². The monoisotopic (exact) mass is 510 g/mol. The van der Waals surface area contributed by atoms with Gasteiger partial charge in [-0.25, -0.2) is 0 Å². The summed E-state index contributed by atoms with van der Waals surface area (Å²) in [5.41, 5.74) is -1.58. The zero-order valence-corrected chi connectivity index (χ0v) is 17.2. The van der Waals surface area contributed by atoms with Crippen molar-refractivity contribution < 1.29 is 19.8 Å². The van der Waals surface area contributed by atoms with Crippen LogP contribution in [0.4, 0.5) is 0 Å². The van der Waals surface area contributed by atoms with Crippen molar-refractivity contribution in [2.75, 3.05) is 0 Å². The number of hydrogen-bond donors (Lipinski definition) is 2. The third-order valence-electron chi connectivity index (χ3n) is 5.48. The summed E-state index contributed by atoms with van der Waals surface area (Å²) in [7, 11) is 0. The fourth-order valence-electron chi connectivity index (χ4n) is 3.59. The van der Waals surface area contributed by atoms with Crippen LogP contribution in [0.1, 0.15) is 123 Å². The Kier molecular flexibility index (Phi) is 21.8. The van der Waals surface area contributed by atoms with Crippen LogP contribution in [0.15, 0.2) is 0 Å². The number of aliphatic carboxylic acids is 2. The Morgan fingerprint density at radius 2 is 0.815 bits per heavy atom. The maximum absolute atomic E-state index is 11.7. The van der Waals surface area contributed by atoms with Gasteiger partial charge in [0.15, 0.2) is 5.41 Å². The van der Waals surface area contributed by atoms with E-state index in [-0.39, 0.29) is 61.7 Å². The number of unbranched alkanes of at least 4 members (excludes halogenated alkanes) is 13. The summed E-state index contributed by atoms with van der Waals surface area (Å²) in [6.07, 6.45) is 17.1. The number of hydrogen-bond acceptors (Lipinski definition) is 2. The maximum atomic E-state index is 11.7. The Labute approximate surface area is 207 Å². The topological polar surface area (TPSA) is 74.6 Å². The van der Waals surface area contributed by atoms with Gasteiger partial charge in [-0.05, 0) is 12.8 Å². The molecule has 5 heteroatoms. The molecule has 0 aromatic heterocycles. The predicted molar refractivity (Wildman–Crippen MR) is 116 cm³/mol. The molecular formula is C22H44BaO4. The number of carboxylic acid groups (broad SMARTS) is 2. The van der Waals surface area contributed by atoms with Crippen LogP contribution >= 0.6 is 0 Å². The van der Waals surface area contributed by atoms with Gasteiger partial charge in [0.1, 0.15) is 0 Å². The summed E-state index contributed by atoms with van der Waals surface area (Å²) in [5.74, 6) is -2.31. The summed E-state index contributed by atoms with van der Waals surface area (Å²) in [5, 5.41) is 19.1. The zero-order chi connectivity index (χ0) is 19.7. The number of rotatable bonds is 19. The van der Waals surface area contributed by atoms with E-state index in [4.69, 9.17) is 0 Å². The van der Waals surface area contributed by atoms with Crippen LogP contribution in [-0.2, 0) is 9.59 Å². The Morgan fingerprint density at radius 3 is 1.07 bits per heavy atom. The van der Waals surface area contributed by atoms with E-state index < -0.39 is 17.4 Å². The molecule has 27 heavy (non-hydrogen) atoms. The second kappa shape index (κ2) is 19.8. The SMILES string of the molecule is CCCCCCCCCCCCC(CCCCCCC)(C(=O)O)C(=O)O.[BaH2]. The van der Waals surface area contributed by atoms with Crippen molar-refractivity contribution in [3.63, 3.8) is 0 Å². The molecule has 0 radical (unpaired) electrons. The Morgan fingerprint density at radius 1 is 0.556 bits per heavy atom. The first-order chi connectivity index (χ1) is 12.5. The molecule has 0 saturated heterocycles. The van der Waals surface area contributed by atoms with Gasteiger partial charge in [0.05, 0.1) is 0 Å². The molecule has 0 aliphatic rings. The van der Waals surface area contributed by atoms with Gasteiger partial charge < -0.3 is 10.2 Å². The van der Waals surface area contributed by atoms with Crippen molar-refractivity contribution in [3.05, 3.63) is 0 Å². The van der Waals surface area contributed by atoms with Crippen LogP contribution in [0.3, 0.4) is 0 Å². The van der Waals surface area contributed by atoms with Gasteiger partial charge in [-0.1, -0.05) is 110 Å². The van der Waals surface area contributed by atoms with Gasteiger partial charge in [0, 0.05) is 0 Å². The van der Waals surface area contributed by atoms with E-state index in [0.717, 1.165) is 38.5 Å². The van der Waals surface area contributed by atoms with Gasteiger partial charge >= 0.3 is 60.8 Å². The van der Waals surface area contributed by atoms with E-state index in [0.29, 0.717) is 12.8 Å². The molecule has 0 spiro atoms. The molecule has 0 fully saturated rings. The molecule has 0 amide bonds. The first-order valence-corrected chi connectivity index (χ1v) is 11.0. The van der Waals surface area contributed by atoms with Crippen LogP contribution in [0.25, 0.3) is 0 Å². The minimum atomic E-state index is -1.58.